The molecule has 0 amide bonds. The van der Waals surface area contributed by atoms with Crippen LogP contribution in [0, 0.1) is 13.8 Å². The number of hydrogen-bond donors (Lipinski definition) is 2. The molecule has 16 heavy (non-hydrogen) atoms. The highest BCUT2D eigenvalue weighted by Gasteiger charge is 2.13. The first-order chi connectivity index (χ1) is 7.66. The molecule has 2 rings (SSSR count). The van der Waals surface area contributed by atoms with Crippen LogP contribution in [0.3, 0.4) is 0 Å². The van der Waals surface area contributed by atoms with Gasteiger partial charge in [0.25, 0.3) is 0 Å². The van der Waals surface area contributed by atoms with Crippen molar-refractivity contribution < 1.29 is 0 Å². The van der Waals surface area contributed by atoms with Crippen molar-refractivity contribution >= 4 is 5.69 Å². The zero-order valence-electron chi connectivity index (χ0n) is 10.3. The molecule has 1 saturated heterocycles. The van der Waals surface area contributed by atoms with Gasteiger partial charge in [0.15, 0.2) is 0 Å². The third-order valence-electron chi connectivity index (χ3n) is 3.66. The maximum absolute atomic E-state index is 6.01. The van der Waals surface area contributed by atoms with Crippen LogP contribution in [-0.4, -0.2) is 12.6 Å². The molecule has 0 saturated carbocycles. The van der Waals surface area contributed by atoms with Gasteiger partial charge in [-0.25, -0.2) is 0 Å². The maximum Gasteiger partial charge on any atom is 0.0349 e. The molecule has 1 heterocycles. The van der Waals surface area contributed by atoms with Crippen molar-refractivity contribution in [2.75, 3.05) is 12.3 Å². The van der Waals surface area contributed by atoms with Gasteiger partial charge in [-0.2, -0.15) is 0 Å². The zero-order chi connectivity index (χ0) is 11.5. The molecule has 3 N–H and O–H groups in total. The molecule has 0 spiro atoms. The molecule has 88 valence electrons. The monoisotopic (exact) mass is 218 g/mol. The molecule has 1 fully saturated rings. The van der Waals surface area contributed by atoms with Gasteiger partial charge < -0.3 is 11.1 Å². The molecule has 2 nitrogen and oxygen atoms in total. The summed E-state index contributed by atoms with van der Waals surface area (Å²) >= 11 is 0. The number of anilines is 1. The van der Waals surface area contributed by atoms with Gasteiger partial charge in [0.05, 0.1) is 0 Å². The molecule has 0 aliphatic carbocycles. The van der Waals surface area contributed by atoms with Crippen molar-refractivity contribution in [3.05, 3.63) is 28.8 Å². The van der Waals surface area contributed by atoms with Crippen LogP contribution in [-0.2, 0) is 6.42 Å². The lowest BCUT2D eigenvalue weighted by Crippen LogP contribution is -2.35. The molecule has 0 radical (unpaired) electrons. The van der Waals surface area contributed by atoms with Crippen LogP contribution in [0.15, 0.2) is 12.1 Å². The average Bonchev–Trinajstić information content (AvgIpc) is 2.27. The summed E-state index contributed by atoms with van der Waals surface area (Å²) in [6.45, 7) is 5.40. The third kappa shape index (κ3) is 2.56. The normalized spacial score (nSPS) is 21.0. The molecule has 1 atom stereocenters. The Morgan fingerprint density at radius 3 is 2.75 bits per heavy atom. The first-order valence-corrected chi connectivity index (χ1v) is 6.26. The molecular formula is C14H22N2. The van der Waals surface area contributed by atoms with E-state index in [0.29, 0.717) is 6.04 Å². The Balaban J connectivity index is 2.09. The third-order valence-corrected chi connectivity index (χ3v) is 3.66. The highest BCUT2D eigenvalue weighted by molar-refractivity contribution is 5.52. The lowest BCUT2D eigenvalue weighted by Gasteiger charge is -2.24. The fourth-order valence-corrected chi connectivity index (χ4v) is 2.46. The standard InChI is InChI=1S/C14H22N2/c1-10-7-12(9-14(15)11(10)2)8-13-5-3-4-6-16-13/h7,9,13,16H,3-6,8,15H2,1-2H3. The van der Waals surface area contributed by atoms with Crippen LogP contribution in [0.1, 0.15) is 36.0 Å². The predicted octanol–water partition coefficient (Wildman–Crippen LogP) is 2.57. The summed E-state index contributed by atoms with van der Waals surface area (Å²) in [7, 11) is 0. The first kappa shape index (κ1) is 11.5. The minimum absolute atomic E-state index is 0.648. The Morgan fingerprint density at radius 1 is 1.31 bits per heavy atom. The van der Waals surface area contributed by atoms with Gasteiger partial charge in [0.1, 0.15) is 0 Å². The van der Waals surface area contributed by atoms with E-state index in [1.807, 2.05) is 0 Å². The minimum atomic E-state index is 0.648. The first-order valence-electron chi connectivity index (χ1n) is 6.26. The topological polar surface area (TPSA) is 38.0 Å². The smallest absolute Gasteiger partial charge is 0.0349 e. The number of rotatable bonds is 2. The van der Waals surface area contributed by atoms with Crippen LogP contribution in [0.2, 0.25) is 0 Å². The van der Waals surface area contributed by atoms with Crippen LogP contribution in [0.25, 0.3) is 0 Å². The Kier molecular flexibility index (Phi) is 3.49. The molecule has 0 bridgehead atoms. The second kappa shape index (κ2) is 4.88. The summed E-state index contributed by atoms with van der Waals surface area (Å²) in [5.74, 6) is 0. The molecule has 1 aliphatic rings. The molecule has 1 aliphatic heterocycles. The van der Waals surface area contributed by atoms with Gasteiger partial charge in [-0.3, -0.25) is 0 Å². The summed E-state index contributed by atoms with van der Waals surface area (Å²) in [5.41, 5.74) is 10.9. The molecule has 2 heteroatoms. The summed E-state index contributed by atoms with van der Waals surface area (Å²) < 4.78 is 0. The molecule has 1 aromatic rings. The Morgan fingerprint density at radius 2 is 2.12 bits per heavy atom. The van der Waals surface area contributed by atoms with E-state index in [9.17, 15) is 0 Å². The number of nitrogens with two attached hydrogens (primary N) is 1. The van der Waals surface area contributed by atoms with E-state index >= 15 is 0 Å². The minimum Gasteiger partial charge on any atom is -0.398 e. The van der Waals surface area contributed by atoms with Gasteiger partial charge in [0, 0.05) is 11.7 Å². The SMILES string of the molecule is Cc1cc(CC2CCCCN2)cc(N)c1C. The van der Waals surface area contributed by atoms with Crippen molar-refractivity contribution in [2.45, 2.75) is 45.6 Å². The maximum atomic E-state index is 6.01. The van der Waals surface area contributed by atoms with Crippen LogP contribution in [0.5, 0.6) is 0 Å². The number of nitrogen functional groups attached to an aromatic ring is 1. The van der Waals surface area contributed by atoms with E-state index in [-0.39, 0.29) is 0 Å². The van der Waals surface area contributed by atoms with Crippen molar-refractivity contribution in [3.63, 3.8) is 0 Å². The van der Waals surface area contributed by atoms with E-state index in [0.717, 1.165) is 12.1 Å². The fraction of sp³-hybridized carbons (Fsp3) is 0.571. The van der Waals surface area contributed by atoms with Crippen molar-refractivity contribution in [3.8, 4) is 0 Å². The number of benzene rings is 1. The van der Waals surface area contributed by atoms with E-state index in [2.05, 4.69) is 31.3 Å². The highest BCUT2D eigenvalue weighted by atomic mass is 14.9. The highest BCUT2D eigenvalue weighted by Crippen LogP contribution is 2.20. The summed E-state index contributed by atoms with van der Waals surface area (Å²) in [5, 5.41) is 3.58. The Hall–Kier alpha value is -1.02. The predicted molar refractivity (Wildman–Crippen MR) is 69.7 cm³/mol. The number of hydrogen-bond acceptors (Lipinski definition) is 2. The molecule has 1 unspecified atom stereocenters. The number of aryl methyl sites for hydroxylation is 1. The van der Waals surface area contributed by atoms with E-state index in [1.54, 1.807) is 0 Å². The molecule has 1 aromatic carbocycles. The van der Waals surface area contributed by atoms with Gasteiger partial charge >= 0.3 is 0 Å². The van der Waals surface area contributed by atoms with Crippen LogP contribution in [0.4, 0.5) is 5.69 Å². The average molecular weight is 218 g/mol. The van der Waals surface area contributed by atoms with Gasteiger partial charge in [-0.15, -0.1) is 0 Å². The van der Waals surface area contributed by atoms with Crippen molar-refractivity contribution in [1.29, 1.82) is 0 Å². The summed E-state index contributed by atoms with van der Waals surface area (Å²) in [6, 6.07) is 5.07. The van der Waals surface area contributed by atoms with Gasteiger partial charge in [-0.1, -0.05) is 12.5 Å². The molecular weight excluding hydrogens is 196 g/mol. The van der Waals surface area contributed by atoms with E-state index in [4.69, 9.17) is 5.73 Å². The zero-order valence-corrected chi connectivity index (χ0v) is 10.3. The van der Waals surface area contributed by atoms with Crippen molar-refractivity contribution in [2.24, 2.45) is 0 Å². The fourth-order valence-electron chi connectivity index (χ4n) is 2.46. The number of piperidine rings is 1. The van der Waals surface area contributed by atoms with Crippen LogP contribution < -0.4 is 11.1 Å². The second-order valence-corrected chi connectivity index (χ2v) is 4.98. The van der Waals surface area contributed by atoms with Gasteiger partial charge in [-0.05, 0) is 62.4 Å². The van der Waals surface area contributed by atoms with Crippen LogP contribution >= 0.6 is 0 Å². The Bertz CT molecular complexity index is 342. The van der Waals surface area contributed by atoms with Gasteiger partial charge in [0.2, 0.25) is 0 Å². The second-order valence-electron chi connectivity index (χ2n) is 4.98. The number of nitrogens with one attached hydrogen (secondary N) is 1. The van der Waals surface area contributed by atoms with Crippen molar-refractivity contribution in [1.82, 2.24) is 5.32 Å². The largest absolute Gasteiger partial charge is 0.398 e. The summed E-state index contributed by atoms with van der Waals surface area (Å²) in [6.07, 6.45) is 5.10. The quantitative estimate of drug-likeness (QED) is 0.749. The van der Waals surface area contributed by atoms with E-state index in [1.165, 1.54) is 42.5 Å². The lowest BCUT2D eigenvalue weighted by atomic mass is 9.95. The summed E-state index contributed by atoms with van der Waals surface area (Å²) in [4.78, 5) is 0. The Labute approximate surface area is 98.2 Å². The molecule has 0 aromatic heterocycles. The van der Waals surface area contributed by atoms with E-state index < -0.39 is 0 Å². The lowest BCUT2D eigenvalue weighted by molar-refractivity contribution is 0.399.